The molecule has 1 aliphatic rings. The summed E-state index contributed by atoms with van der Waals surface area (Å²) in [6.07, 6.45) is 2.89. The fraction of sp³-hybridized carbons (Fsp3) is 0.269. The van der Waals surface area contributed by atoms with Gasteiger partial charge in [0.15, 0.2) is 11.4 Å². The Labute approximate surface area is 180 Å². The third-order valence-corrected chi connectivity index (χ3v) is 6.30. The van der Waals surface area contributed by atoms with Crippen molar-refractivity contribution < 1.29 is 9.18 Å². The minimum absolute atomic E-state index is 0.102. The van der Waals surface area contributed by atoms with E-state index in [0.29, 0.717) is 23.5 Å². The van der Waals surface area contributed by atoms with E-state index >= 15 is 0 Å². The van der Waals surface area contributed by atoms with Crippen LogP contribution >= 0.6 is 0 Å². The first kappa shape index (κ1) is 19.6. The summed E-state index contributed by atoms with van der Waals surface area (Å²) in [5, 5.41) is 4.73. The summed E-state index contributed by atoms with van der Waals surface area (Å²) in [5.41, 5.74) is 7.27. The lowest BCUT2D eigenvalue weighted by molar-refractivity contribution is 0.0962. The molecule has 5 heteroatoms. The second-order valence-corrected chi connectivity index (χ2v) is 8.67. The number of carbonyl (C=O) groups is 1. The molecule has 0 saturated heterocycles. The molecule has 1 atom stereocenters. The van der Waals surface area contributed by atoms with Crippen molar-refractivity contribution in [3.05, 3.63) is 88.6 Å². The molecule has 4 aromatic rings. The molecule has 1 aliphatic carbocycles. The van der Waals surface area contributed by atoms with E-state index in [2.05, 4.69) is 43.1 Å². The molecule has 31 heavy (non-hydrogen) atoms. The molecule has 2 aromatic heterocycles. The van der Waals surface area contributed by atoms with Gasteiger partial charge in [0.1, 0.15) is 5.82 Å². The van der Waals surface area contributed by atoms with Crippen LogP contribution in [0.3, 0.4) is 0 Å². The minimum atomic E-state index is -0.278. The summed E-state index contributed by atoms with van der Waals surface area (Å²) in [4.78, 5) is 17.5. The van der Waals surface area contributed by atoms with Crippen LogP contribution in [0.25, 0.3) is 16.8 Å². The van der Waals surface area contributed by atoms with Crippen molar-refractivity contribution in [2.75, 3.05) is 0 Å². The van der Waals surface area contributed by atoms with Crippen LogP contribution in [-0.2, 0) is 6.42 Å². The van der Waals surface area contributed by atoms with Gasteiger partial charge in [-0.2, -0.15) is 5.10 Å². The topological polar surface area (TPSA) is 47.3 Å². The van der Waals surface area contributed by atoms with Gasteiger partial charge >= 0.3 is 0 Å². The summed E-state index contributed by atoms with van der Waals surface area (Å²) in [5.74, 6) is 0.418. The highest BCUT2D eigenvalue weighted by Crippen LogP contribution is 2.35. The highest BCUT2D eigenvalue weighted by atomic mass is 19.1. The Hall–Kier alpha value is -3.34. The average Bonchev–Trinajstić information content (AvgIpc) is 3.10. The largest absolute Gasteiger partial charge is 0.294 e. The van der Waals surface area contributed by atoms with Crippen molar-refractivity contribution in [2.24, 2.45) is 0 Å². The van der Waals surface area contributed by atoms with Crippen LogP contribution in [0.15, 0.2) is 54.7 Å². The van der Waals surface area contributed by atoms with Gasteiger partial charge in [-0.15, -0.1) is 0 Å². The predicted molar refractivity (Wildman–Crippen MR) is 119 cm³/mol. The molecule has 0 unspecified atom stereocenters. The summed E-state index contributed by atoms with van der Waals surface area (Å²) in [7, 11) is 0. The molecule has 5 rings (SSSR count). The van der Waals surface area contributed by atoms with Gasteiger partial charge in [-0.05, 0) is 54.0 Å². The maximum absolute atomic E-state index is 13.4. The second-order valence-electron chi connectivity index (χ2n) is 8.67. The molecule has 2 heterocycles. The first-order valence-corrected chi connectivity index (χ1v) is 10.7. The molecule has 0 spiro atoms. The number of hydrogen-bond acceptors (Lipinski definition) is 3. The number of ketones is 1. The number of benzene rings is 2. The fourth-order valence-corrected chi connectivity index (χ4v) is 4.55. The van der Waals surface area contributed by atoms with Gasteiger partial charge in [0, 0.05) is 18.2 Å². The van der Waals surface area contributed by atoms with E-state index in [9.17, 15) is 9.18 Å². The first-order chi connectivity index (χ1) is 14.9. The lowest BCUT2D eigenvalue weighted by Crippen LogP contribution is -2.22. The van der Waals surface area contributed by atoms with Crippen LogP contribution in [0.1, 0.15) is 65.0 Å². The molecule has 0 radical (unpaired) electrons. The number of rotatable bonds is 3. The van der Waals surface area contributed by atoms with Crippen molar-refractivity contribution in [1.29, 1.82) is 0 Å². The van der Waals surface area contributed by atoms with Crippen LogP contribution < -0.4 is 0 Å². The molecule has 0 bridgehead atoms. The smallest absolute Gasteiger partial charge is 0.166 e. The molecule has 0 aliphatic heterocycles. The second kappa shape index (κ2) is 7.41. The normalized spacial score (nSPS) is 16.2. The monoisotopic (exact) mass is 413 g/mol. The number of hydrogen-bond donors (Lipinski definition) is 0. The molecule has 0 N–H and O–H groups in total. The minimum Gasteiger partial charge on any atom is -0.294 e. The molecular weight excluding hydrogens is 389 g/mol. The molecule has 156 valence electrons. The van der Waals surface area contributed by atoms with Crippen LogP contribution in [0.5, 0.6) is 0 Å². The van der Waals surface area contributed by atoms with Gasteiger partial charge in [-0.3, -0.25) is 4.79 Å². The average molecular weight is 413 g/mol. The van der Waals surface area contributed by atoms with E-state index < -0.39 is 0 Å². The van der Waals surface area contributed by atoms with Gasteiger partial charge in [0.25, 0.3) is 0 Å². The van der Waals surface area contributed by atoms with Gasteiger partial charge < -0.3 is 0 Å². The third kappa shape index (κ3) is 3.34. The number of halogens is 1. The number of fused-ring (bicyclic) bond motifs is 3. The standard InChI is InChI=1S/C26H24FN3O/c1-15(2)17-4-6-18(7-5-17)20-12-23-22(24(31)13-20)14-28-26-25(16(3)29-30(23)26)19-8-10-21(27)11-9-19/h4-11,14-15,20H,12-13H2,1-3H3/t20-/m0/s1. The zero-order chi connectivity index (χ0) is 21.7. The SMILES string of the molecule is Cc1nn2c3c(cnc2c1-c1ccc(F)cc1)C(=O)C[C@@H](c1ccc(C(C)C)cc1)C3. The van der Waals surface area contributed by atoms with Crippen LogP contribution in [0.4, 0.5) is 4.39 Å². The number of aromatic nitrogens is 3. The molecule has 4 nitrogen and oxygen atoms in total. The summed E-state index contributed by atoms with van der Waals surface area (Å²) in [6, 6.07) is 15.0. The van der Waals surface area contributed by atoms with E-state index in [-0.39, 0.29) is 17.5 Å². The van der Waals surface area contributed by atoms with Crippen LogP contribution in [0, 0.1) is 12.7 Å². The zero-order valence-corrected chi connectivity index (χ0v) is 17.9. The van der Waals surface area contributed by atoms with Crippen molar-refractivity contribution in [1.82, 2.24) is 14.6 Å². The highest BCUT2D eigenvalue weighted by Gasteiger charge is 2.30. The van der Waals surface area contributed by atoms with Crippen molar-refractivity contribution in [3.63, 3.8) is 0 Å². The Morgan fingerprint density at radius 1 is 1.03 bits per heavy atom. The Kier molecular flexibility index (Phi) is 4.69. The lowest BCUT2D eigenvalue weighted by Gasteiger charge is -2.24. The van der Waals surface area contributed by atoms with E-state index in [4.69, 9.17) is 5.10 Å². The Morgan fingerprint density at radius 3 is 2.42 bits per heavy atom. The van der Waals surface area contributed by atoms with E-state index in [1.807, 2.05) is 11.4 Å². The summed E-state index contributed by atoms with van der Waals surface area (Å²) < 4.78 is 15.2. The van der Waals surface area contributed by atoms with E-state index in [1.54, 1.807) is 18.3 Å². The highest BCUT2D eigenvalue weighted by molar-refractivity contribution is 5.99. The number of aryl methyl sites for hydroxylation is 1. The Balaban J connectivity index is 1.59. The fourth-order valence-electron chi connectivity index (χ4n) is 4.55. The Morgan fingerprint density at radius 2 is 1.74 bits per heavy atom. The van der Waals surface area contributed by atoms with Crippen LogP contribution in [-0.4, -0.2) is 20.4 Å². The molecular formula is C26H24FN3O. The maximum Gasteiger partial charge on any atom is 0.166 e. The Bertz CT molecular complexity index is 1290. The maximum atomic E-state index is 13.4. The predicted octanol–water partition coefficient (Wildman–Crippen LogP) is 5.88. The molecule has 0 fully saturated rings. The van der Waals surface area contributed by atoms with E-state index in [1.165, 1.54) is 23.3 Å². The molecule has 0 amide bonds. The van der Waals surface area contributed by atoms with Gasteiger partial charge in [0.2, 0.25) is 0 Å². The number of carbonyl (C=O) groups excluding carboxylic acids is 1. The quantitative estimate of drug-likeness (QED) is 0.421. The zero-order valence-electron chi connectivity index (χ0n) is 17.9. The third-order valence-electron chi connectivity index (χ3n) is 6.30. The van der Waals surface area contributed by atoms with Crippen molar-refractivity contribution in [2.45, 2.75) is 45.4 Å². The van der Waals surface area contributed by atoms with Crippen molar-refractivity contribution >= 4 is 11.4 Å². The van der Waals surface area contributed by atoms with Gasteiger partial charge in [0.05, 0.1) is 17.0 Å². The lowest BCUT2D eigenvalue weighted by atomic mass is 9.81. The number of Topliss-reactive ketones (excluding diaryl/α,β-unsaturated/α-hetero) is 1. The molecule has 0 saturated carbocycles. The first-order valence-electron chi connectivity index (χ1n) is 10.7. The van der Waals surface area contributed by atoms with Crippen LogP contribution in [0.2, 0.25) is 0 Å². The van der Waals surface area contributed by atoms with Gasteiger partial charge in [-0.25, -0.2) is 13.9 Å². The number of nitrogens with zero attached hydrogens (tertiary/aromatic N) is 3. The van der Waals surface area contributed by atoms with Gasteiger partial charge in [-0.1, -0.05) is 50.2 Å². The summed E-state index contributed by atoms with van der Waals surface area (Å²) >= 11 is 0. The van der Waals surface area contributed by atoms with Crippen molar-refractivity contribution in [3.8, 4) is 11.1 Å². The molecule has 2 aromatic carbocycles. The van der Waals surface area contributed by atoms with E-state index in [0.717, 1.165) is 28.9 Å². The summed E-state index contributed by atoms with van der Waals surface area (Å²) in [6.45, 7) is 6.28.